The van der Waals surface area contributed by atoms with E-state index < -0.39 is 0 Å². The highest BCUT2D eigenvalue weighted by atomic mass is 79.9. The molecule has 1 heterocycles. The Morgan fingerprint density at radius 2 is 2.22 bits per heavy atom. The van der Waals surface area contributed by atoms with Gasteiger partial charge in [-0.2, -0.15) is 0 Å². The predicted molar refractivity (Wildman–Crippen MR) is 72.9 cm³/mol. The van der Waals surface area contributed by atoms with E-state index in [-0.39, 0.29) is 11.7 Å². The van der Waals surface area contributed by atoms with E-state index in [1.54, 1.807) is 12.1 Å². The zero-order valence-corrected chi connectivity index (χ0v) is 12.2. The van der Waals surface area contributed by atoms with Crippen LogP contribution in [0.3, 0.4) is 0 Å². The summed E-state index contributed by atoms with van der Waals surface area (Å²) in [5, 5.41) is 0. The Bertz CT molecular complexity index is 461. The average Bonchev–Trinajstić information content (AvgIpc) is 2.81. The molecule has 0 bridgehead atoms. The summed E-state index contributed by atoms with van der Waals surface area (Å²) < 4.78 is 13.5. The summed E-state index contributed by atoms with van der Waals surface area (Å²) in [5.41, 5.74) is 0.549. The van der Waals surface area contributed by atoms with Crippen LogP contribution in [-0.4, -0.2) is 23.9 Å². The highest BCUT2D eigenvalue weighted by Gasteiger charge is 2.28. The summed E-state index contributed by atoms with van der Waals surface area (Å²) in [5.74, 6) is 0.840. The van der Waals surface area contributed by atoms with Crippen LogP contribution in [0.1, 0.15) is 30.6 Å². The Hall–Kier alpha value is -0.900. The van der Waals surface area contributed by atoms with Gasteiger partial charge in [-0.05, 0) is 52.4 Å². The maximum Gasteiger partial charge on any atom is 0.253 e. The van der Waals surface area contributed by atoms with E-state index in [1.807, 2.05) is 4.90 Å². The van der Waals surface area contributed by atoms with Crippen molar-refractivity contribution in [2.24, 2.45) is 11.8 Å². The molecule has 0 radical (unpaired) electrons. The molecule has 2 nitrogen and oxygen atoms in total. The third-order valence-corrected chi connectivity index (χ3v) is 4.23. The van der Waals surface area contributed by atoms with E-state index in [9.17, 15) is 9.18 Å². The van der Waals surface area contributed by atoms with Crippen molar-refractivity contribution in [1.29, 1.82) is 0 Å². The molecule has 1 saturated heterocycles. The lowest BCUT2D eigenvalue weighted by atomic mass is 9.95. The van der Waals surface area contributed by atoms with E-state index in [0.717, 1.165) is 19.5 Å². The zero-order chi connectivity index (χ0) is 13.3. The molecule has 1 fully saturated rings. The number of hydrogen-bond acceptors (Lipinski definition) is 1. The topological polar surface area (TPSA) is 20.3 Å². The van der Waals surface area contributed by atoms with Gasteiger partial charge in [0.15, 0.2) is 0 Å². The van der Waals surface area contributed by atoms with Gasteiger partial charge in [0.2, 0.25) is 0 Å². The van der Waals surface area contributed by atoms with Gasteiger partial charge in [-0.25, -0.2) is 4.39 Å². The maximum atomic E-state index is 13.1. The average molecular weight is 314 g/mol. The van der Waals surface area contributed by atoms with E-state index in [2.05, 4.69) is 29.8 Å². The molecule has 1 atom stereocenters. The van der Waals surface area contributed by atoms with Crippen molar-refractivity contribution >= 4 is 21.8 Å². The van der Waals surface area contributed by atoms with Crippen molar-refractivity contribution in [3.8, 4) is 0 Å². The first-order valence-corrected chi connectivity index (χ1v) is 7.02. The molecule has 0 saturated carbocycles. The minimum atomic E-state index is -0.340. The fraction of sp³-hybridized carbons (Fsp3) is 0.500. The first kappa shape index (κ1) is 13.5. The highest BCUT2D eigenvalue weighted by Crippen LogP contribution is 2.26. The maximum absolute atomic E-state index is 13.1. The van der Waals surface area contributed by atoms with Crippen LogP contribution in [0, 0.1) is 17.7 Å². The molecule has 2 rings (SSSR count). The number of hydrogen-bond donors (Lipinski definition) is 0. The Balaban J connectivity index is 2.10. The highest BCUT2D eigenvalue weighted by molar-refractivity contribution is 9.10. The number of carbonyl (C=O) groups excluding carboxylic acids is 1. The first-order chi connectivity index (χ1) is 8.49. The lowest BCUT2D eigenvalue weighted by molar-refractivity contribution is 0.0784. The van der Waals surface area contributed by atoms with Crippen molar-refractivity contribution in [1.82, 2.24) is 4.90 Å². The Morgan fingerprint density at radius 3 is 2.78 bits per heavy atom. The molecule has 1 aromatic carbocycles. The Labute approximate surface area is 115 Å². The van der Waals surface area contributed by atoms with Gasteiger partial charge < -0.3 is 4.90 Å². The molecule has 1 aliphatic rings. The van der Waals surface area contributed by atoms with Gasteiger partial charge in [0.25, 0.3) is 5.91 Å². The summed E-state index contributed by atoms with van der Waals surface area (Å²) in [6.45, 7) is 5.99. The van der Waals surface area contributed by atoms with Crippen molar-refractivity contribution in [2.45, 2.75) is 20.3 Å². The molecule has 1 aliphatic heterocycles. The normalized spacial score (nSPS) is 19.6. The number of benzene rings is 1. The smallest absolute Gasteiger partial charge is 0.253 e. The second kappa shape index (κ2) is 5.39. The van der Waals surface area contributed by atoms with Crippen LogP contribution in [0.25, 0.3) is 0 Å². The lowest BCUT2D eigenvalue weighted by Crippen LogP contribution is -2.29. The first-order valence-electron chi connectivity index (χ1n) is 6.23. The van der Waals surface area contributed by atoms with Crippen molar-refractivity contribution in [3.05, 3.63) is 34.1 Å². The molecule has 18 heavy (non-hydrogen) atoms. The summed E-state index contributed by atoms with van der Waals surface area (Å²) in [6, 6.07) is 4.43. The van der Waals surface area contributed by atoms with Gasteiger partial charge in [-0.3, -0.25) is 4.79 Å². The van der Waals surface area contributed by atoms with Gasteiger partial charge in [0.1, 0.15) is 5.82 Å². The number of halogens is 2. The molecule has 1 unspecified atom stereocenters. The minimum absolute atomic E-state index is 0.00106. The van der Waals surface area contributed by atoms with Crippen molar-refractivity contribution in [3.63, 3.8) is 0 Å². The molecule has 1 aromatic rings. The van der Waals surface area contributed by atoms with E-state index >= 15 is 0 Å². The quantitative estimate of drug-likeness (QED) is 0.815. The Kier molecular flexibility index (Phi) is 4.05. The molecular formula is C14H17BrFNO. The molecule has 0 N–H and O–H groups in total. The van der Waals surface area contributed by atoms with E-state index in [0.29, 0.717) is 21.9 Å². The summed E-state index contributed by atoms with van der Waals surface area (Å²) in [6.07, 6.45) is 1.06. The number of carbonyl (C=O) groups is 1. The third kappa shape index (κ3) is 2.74. The third-order valence-electron chi connectivity index (χ3n) is 3.62. The van der Waals surface area contributed by atoms with Crippen LogP contribution in [0.15, 0.2) is 22.7 Å². The van der Waals surface area contributed by atoms with Gasteiger partial charge in [0.05, 0.1) is 4.47 Å². The molecule has 4 heteroatoms. The van der Waals surface area contributed by atoms with Gasteiger partial charge >= 0.3 is 0 Å². The standard InChI is InChI=1S/C14H17BrFNO/c1-9(2)11-5-6-17(8-11)14(18)10-3-4-13(16)12(15)7-10/h3-4,7,9,11H,5-6,8H2,1-2H3. The lowest BCUT2D eigenvalue weighted by Gasteiger charge is -2.18. The van der Waals surface area contributed by atoms with Crippen molar-refractivity contribution in [2.75, 3.05) is 13.1 Å². The molecule has 98 valence electrons. The number of rotatable bonds is 2. The van der Waals surface area contributed by atoms with Crippen LogP contribution in [-0.2, 0) is 0 Å². The number of amides is 1. The van der Waals surface area contributed by atoms with Crippen molar-refractivity contribution < 1.29 is 9.18 Å². The molecule has 0 spiro atoms. The van der Waals surface area contributed by atoms with Gasteiger partial charge in [0, 0.05) is 18.7 Å². The van der Waals surface area contributed by atoms with Crippen LogP contribution in [0.2, 0.25) is 0 Å². The van der Waals surface area contributed by atoms with E-state index in [1.165, 1.54) is 6.07 Å². The van der Waals surface area contributed by atoms with Crippen LogP contribution in [0.5, 0.6) is 0 Å². The van der Waals surface area contributed by atoms with Crippen LogP contribution < -0.4 is 0 Å². The molecule has 0 aliphatic carbocycles. The van der Waals surface area contributed by atoms with Crippen LogP contribution >= 0.6 is 15.9 Å². The Morgan fingerprint density at radius 1 is 1.50 bits per heavy atom. The second-order valence-corrected chi connectivity index (χ2v) is 6.03. The summed E-state index contributed by atoms with van der Waals surface area (Å²) in [7, 11) is 0. The zero-order valence-electron chi connectivity index (χ0n) is 10.6. The monoisotopic (exact) mass is 313 g/mol. The second-order valence-electron chi connectivity index (χ2n) is 5.17. The van der Waals surface area contributed by atoms with Gasteiger partial charge in [-0.1, -0.05) is 13.8 Å². The summed E-state index contributed by atoms with van der Waals surface area (Å²) in [4.78, 5) is 14.1. The number of likely N-dealkylation sites (tertiary alicyclic amines) is 1. The fourth-order valence-corrected chi connectivity index (χ4v) is 2.71. The number of nitrogens with zero attached hydrogens (tertiary/aromatic N) is 1. The molecule has 1 amide bonds. The van der Waals surface area contributed by atoms with Crippen LogP contribution in [0.4, 0.5) is 4.39 Å². The fourth-order valence-electron chi connectivity index (χ4n) is 2.33. The molecular weight excluding hydrogens is 297 g/mol. The van der Waals surface area contributed by atoms with Gasteiger partial charge in [-0.15, -0.1) is 0 Å². The SMILES string of the molecule is CC(C)C1CCN(C(=O)c2ccc(F)c(Br)c2)C1. The molecule has 0 aromatic heterocycles. The predicted octanol–water partition coefficient (Wildman–Crippen LogP) is 3.71. The van der Waals surface area contributed by atoms with E-state index in [4.69, 9.17) is 0 Å². The summed E-state index contributed by atoms with van der Waals surface area (Å²) >= 11 is 3.11. The largest absolute Gasteiger partial charge is 0.338 e. The minimum Gasteiger partial charge on any atom is -0.338 e.